The largest absolute Gasteiger partial charge is 0.355 e. The zero-order valence-electron chi connectivity index (χ0n) is 12.7. The minimum atomic E-state index is 0.0933. The molecule has 1 unspecified atom stereocenters. The van der Waals surface area contributed by atoms with Crippen molar-refractivity contribution in [3.8, 4) is 0 Å². The van der Waals surface area contributed by atoms with Crippen LogP contribution in [0.5, 0.6) is 0 Å². The van der Waals surface area contributed by atoms with Crippen LogP contribution in [0.2, 0.25) is 0 Å². The molecule has 1 atom stereocenters. The second kappa shape index (κ2) is 7.48. The van der Waals surface area contributed by atoms with Crippen molar-refractivity contribution < 1.29 is 4.79 Å². The molecule has 0 fully saturated rings. The van der Waals surface area contributed by atoms with E-state index < -0.39 is 0 Å². The second-order valence-electron chi connectivity index (χ2n) is 5.62. The number of amides is 1. The molecule has 0 aromatic carbocycles. The van der Waals surface area contributed by atoms with Gasteiger partial charge >= 0.3 is 0 Å². The van der Waals surface area contributed by atoms with E-state index in [1.807, 2.05) is 11.5 Å². The van der Waals surface area contributed by atoms with E-state index in [9.17, 15) is 4.79 Å². The number of nitrogens with one attached hydrogen (secondary N) is 2. The molecule has 1 aliphatic rings. The monoisotopic (exact) mass is 277 g/mol. The molecule has 0 bridgehead atoms. The minimum Gasteiger partial charge on any atom is -0.355 e. The van der Waals surface area contributed by atoms with Gasteiger partial charge in [-0.3, -0.25) is 4.79 Å². The number of rotatable bonds is 6. The summed E-state index contributed by atoms with van der Waals surface area (Å²) >= 11 is 0. The summed E-state index contributed by atoms with van der Waals surface area (Å²) in [6.07, 6.45) is 10.4. The molecule has 1 aromatic rings. The Balaban J connectivity index is 2.10. The number of carbonyl (C=O) groups excluding carboxylic acids is 1. The van der Waals surface area contributed by atoms with Gasteiger partial charge in [0, 0.05) is 25.0 Å². The molecule has 1 heterocycles. The van der Waals surface area contributed by atoms with Gasteiger partial charge in [0.25, 0.3) is 0 Å². The van der Waals surface area contributed by atoms with Crippen molar-refractivity contribution >= 4 is 5.91 Å². The minimum absolute atomic E-state index is 0.0933. The Hall–Kier alpha value is -1.29. The van der Waals surface area contributed by atoms with Crippen molar-refractivity contribution in [2.75, 3.05) is 13.1 Å². The average Bonchev–Trinajstić information content (AvgIpc) is 2.71. The SMILES string of the molecule is CCCNC1CCCCc2cn(CC(=O)NCC)cc21. The molecule has 0 radical (unpaired) electrons. The second-order valence-corrected chi connectivity index (χ2v) is 5.62. The van der Waals surface area contributed by atoms with Gasteiger partial charge in [-0.2, -0.15) is 0 Å². The molecule has 0 saturated carbocycles. The molecule has 0 saturated heterocycles. The summed E-state index contributed by atoms with van der Waals surface area (Å²) in [4.78, 5) is 11.7. The molecular formula is C16H27N3O. The average molecular weight is 277 g/mol. The lowest BCUT2D eigenvalue weighted by Gasteiger charge is -2.16. The molecule has 1 amide bonds. The highest BCUT2D eigenvalue weighted by Gasteiger charge is 2.20. The third kappa shape index (κ3) is 3.85. The first-order chi connectivity index (χ1) is 9.74. The number of aryl methyl sites for hydroxylation is 1. The lowest BCUT2D eigenvalue weighted by atomic mass is 10.0. The zero-order chi connectivity index (χ0) is 14.4. The maximum absolute atomic E-state index is 11.7. The van der Waals surface area contributed by atoms with E-state index in [2.05, 4.69) is 30.0 Å². The number of carbonyl (C=O) groups is 1. The highest BCUT2D eigenvalue weighted by atomic mass is 16.1. The van der Waals surface area contributed by atoms with Crippen LogP contribution in [0.3, 0.4) is 0 Å². The highest BCUT2D eigenvalue weighted by molar-refractivity contribution is 5.75. The number of hydrogen-bond donors (Lipinski definition) is 2. The first-order valence-corrected chi connectivity index (χ1v) is 7.93. The van der Waals surface area contributed by atoms with Crippen LogP contribution in [-0.4, -0.2) is 23.6 Å². The van der Waals surface area contributed by atoms with Crippen LogP contribution in [0, 0.1) is 0 Å². The fourth-order valence-corrected chi connectivity index (χ4v) is 2.96. The van der Waals surface area contributed by atoms with Crippen molar-refractivity contribution in [3.05, 3.63) is 23.5 Å². The fraction of sp³-hybridized carbons (Fsp3) is 0.688. The maximum Gasteiger partial charge on any atom is 0.239 e. The van der Waals surface area contributed by atoms with E-state index in [0.29, 0.717) is 19.1 Å². The third-order valence-corrected chi connectivity index (χ3v) is 3.90. The van der Waals surface area contributed by atoms with E-state index in [1.165, 1.54) is 30.4 Å². The van der Waals surface area contributed by atoms with Crippen LogP contribution in [-0.2, 0) is 17.8 Å². The number of nitrogens with zero attached hydrogens (tertiary/aromatic N) is 1. The smallest absolute Gasteiger partial charge is 0.239 e. The van der Waals surface area contributed by atoms with Crippen molar-refractivity contribution in [1.29, 1.82) is 0 Å². The van der Waals surface area contributed by atoms with Crippen molar-refractivity contribution in [3.63, 3.8) is 0 Å². The summed E-state index contributed by atoms with van der Waals surface area (Å²) in [5.41, 5.74) is 2.82. The quantitative estimate of drug-likeness (QED) is 0.784. The molecule has 1 aromatic heterocycles. The number of aromatic nitrogens is 1. The van der Waals surface area contributed by atoms with Crippen LogP contribution in [0.15, 0.2) is 12.4 Å². The van der Waals surface area contributed by atoms with E-state index in [4.69, 9.17) is 0 Å². The van der Waals surface area contributed by atoms with E-state index in [-0.39, 0.29) is 5.91 Å². The molecule has 2 rings (SSSR count). The Morgan fingerprint density at radius 2 is 2.20 bits per heavy atom. The summed E-state index contributed by atoms with van der Waals surface area (Å²) in [5, 5.41) is 6.50. The fourth-order valence-electron chi connectivity index (χ4n) is 2.96. The van der Waals surface area contributed by atoms with Crippen LogP contribution in [0.4, 0.5) is 0 Å². The van der Waals surface area contributed by atoms with Gasteiger partial charge in [0.15, 0.2) is 0 Å². The maximum atomic E-state index is 11.7. The molecule has 0 aliphatic heterocycles. The molecule has 4 nitrogen and oxygen atoms in total. The Labute approximate surface area is 121 Å². The van der Waals surface area contributed by atoms with Gasteiger partial charge in [0.1, 0.15) is 6.54 Å². The number of likely N-dealkylation sites (N-methyl/N-ethyl adjacent to an activating group) is 1. The van der Waals surface area contributed by atoms with Gasteiger partial charge in [0.05, 0.1) is 0 Å². The summed E-state index contributed by atoms with van der Waals surface area (Å²) in [6.45, 7) is 6.34. The third-order valence-electron chi connectivity index (χ3n) is 3.90. The molecule has 2 N–H and O–H groups in total. The van der Waals surface area contributed by atoms with Gasteiger partial charge in [-0.25, -0.2) is 0 Å². The molecular weight excluding hydrogens is 250 g/mol. The van der Waals surface area contributed by atoms with Crippen molar-refractivity contribution in [1.82, 2.24) is 15.2 Å². The van der Waals surface area contributed by atoms with Crippen LogP contribution in [0.1, 0.15) is 56.7 Å². The lowest BCUT2D eigenvalue weighted by molar-refractivity contribution is -0.121. The molecule has 1 aliphatic carbocycles. The summed E-state index contributed by atoms with van der Waals surface area (Å²) < 4.78 is 2.04. The van der Waals surface area contributed by atoms with Gasteiger partial charge in [-0.15, -0.1) is 0 Å². The topological polar surface area (TPSA) is 46.1 Å². The number of fused-ring (bicyclic) bond motifs is 1. The standard InChI is InChI=1S/C16H27N3O/c1-3-9-18-15-8-6-5-7-13-10-19(11-14(13)15)12-16(20)17-4-2/h10-11,15,18H,3-9,12H2,1-2H3,(H,17,20). The van der Waals surface area contributed by atoms with Crippen molar-refractivity contribution in [2.24, 2.45) is 0 Å². The normalized spacial score (nSPS) is 18.4. The summed E-state index contributed by atoms with van der Waals surface area (Å²) in [5.74, 6) is 0.0933. The molecule has 20 heavy (non-hydrogen) atoms. The first kappa shape index (κ1) is 15.1. The van der Waals surface area contributed by atoms with Crippen LogP contribution >= 0.6 is 0 Å². The number of hydrogen-bond acceptors (Lipinski definition) is 2. The van der Waals surface area contributed by atoms with Gasteiger partial charge < -0.3 is 15.2 Å². The Morgan fingerprint density at radius 3 is 2.95 bits per heavy atom. The van der Waals surface area contributed by atoms with Gasteiger partial charge in [-0.1, -0.05) is 13.3 Å². The predicted molar refractivity (Wildman–Crippen MR) is 81.7 cm³/mol. The zero-order valence-corrected chi connectivity index (χ0v) is 12.7. The van der Waals surface area contributed by atoms with E-state index in [0.717, 1.165) is 19.4 Å². The summed E-state index contributed by atoms with van der Waals surface area (Å²) in [7, 11) is 0. The highest BCUT2D eigenvalue weighted by Crippen LogP contribution is 2.29. The van der Waals surface area contributed by atoms with Gasteiger partial charge in [0.2, 0.25) is 5.91 Å². The van der Waals surface area contributed by atoms with E-state index >= 15 is 0 Å². The molecule has 0 spiro atoms. The predicted octanol–water partition coefficient (Wildman–Crippen LogP) is 2.39. The van der Waals surface area contributed by atoms with Gasteiger partial charge in [-0.05, 0) is 50.3 Å². The first-order valence-electron chi connectivity index (χ1n) is 7.93. The Morgan fingerprint density at radius 1 is 1.35 bits per heavy atom. The summed E-state index contributed by atoms with van der Waals surface area (Å²) in [6, 6.07) is 0.461. The Bertz CT molecular complexity index is 439. The lowest BCUT2D eigenvalue weighted by Crippen LogP contribution is -2.26. The van der Waals surface area contributed by atoms with Crippen molar-refractivity contribution in [2.45, 2.75) is 58.5 Å². The van der Waals surface area contributed by atoms with Crippen LogP contribution in [0.25, 0.3) is 0 Å². The Kier molecular flexibility index (Phi) is 5.65. The molecule has 112 valence electrons. The van der Waals surface area contributed by atoms with E-state index in [1.54, 1.807) is 0 Å². The molecule has 4 heteroatoms. The van der Waals surface area contributed by atoms with Crippen LogP contribution < -0.4 is 10.6 Å².